The van der Waals surface area contributed by atoms with Gasteiger partial charge in [0.2, 0.25) is 5.91 Å². The summed E-state index contributed by atoms with van der Waals surface area (Å²) in [5.74, 6) is 0.642. The lowest BCUT2D eigenvalue weighted by Crippen LogP contribution is -2.44. The summed E-state index contributed by atoms with van der Waals surface area (Å²) in [5.41, 5.74) is 0.967. The van der Waals surface area contributed by atoms with Gasteiger partial charge in [-0.25, -0.2) is 9.78 Å². The van der Waals surface area contributed by atoms with E-state index < -0.39 is 12.1 Å². The number of methoxy groups -OCH3 is 1. The van der Waals surface area contributed by atoms with E-state index in [1.807, 2.05) is 12.1 Å². The van der Waals surface area contributed by atoms with Gasteiger partial charge in [0, 0.05) is 31.4 Å². The average molecular weight is 348 g/mol. The van der Waals surface area contributed by atoms with E-state index in [0.717, 1.165) is 11.4 Å². The van der Waals surface area contributed by atoms with Gasteiger partial charge < -0.3 is 20.3 Å². The molecule has 1 unspecified atom stereocenters. The van der Waals surface area contributed by atoms with Crippen LogP contribution in [0.3, 0.4) is 0 Å². The van der Waals surface area contributed by atoms with Crippen LogP contribution < -0.4 is 15.5 Å². The van der Waals surface area contributed by atoms with Gasteiger partial charge in [-0.2, -0.15) is 0 Å². The molecule has 2 rings (SSSR count). The van der Waals surface area contributed by atoms with Crippen LogP contribution in [-0.4, -0.2) is 43.2 Å². The lowest BCUT2D eigenvalue weighted by atomic mass is 9.94. The van der Waals surface area contributed by atoms with E-state index in [1.54, 1.807) is 13.1 Å². The minimum Gasteiger partial charge on any atom is -0.453 e. The molecule has 0 spiro atoms. The van der Waals surface area contributed by atoms with Crippen molar-refractivity contribution in [2.24, 2.45) is 0 Å². The predicted molar refractivity (Wildman–Crippen MR) is 96.4 cm³/mol. The van der Waals surface area contributed by atoms with E-state index in [-0.39, 0.29) is 5.91 Å². The number of hydrogen-bond donors (Lipinski definition) is 2. The standard InChI is InChI=1S/C18H28N4O3/c1-13(21-18(24)25-3)17(23)20-12-14-8-7-11-19-16(14)22(2)15-9-5-4-6-10-15/h7-8,11,13,15H,4-6,9-10,12H2,1-3H3,(H,20,23)(H,21,24). The number of aromatic nitrogens is 1. The highest BCUT2D eigenvalue weighted by Crippen LogP contribution is 2.26. The number of ether oxygens (including phenoxy) is 1. The van der Waals surface area contributed by atoms with Crippen molar-refractivity contribution < 1.29 is 14.3 Å². The van der Waals surface area contributed by atoms with Crippen molar-refractivity contribution in [3.8, 4) is 0 Å². The van der Waals surface area contributed by atoms with Crippen LogP contribution in [0.1, 0.15) is 44.6 Å². The Morgan fingerprint density at radius 3 is 2.76 bits per heavy atom. The molecule has 1 fully saturated rings. The minimum atomic E-state index is -0.663. The van der Waals surface area contributed by atoms with Gasteiger partial charge in [-0.15, -0.1) is 0 Å². The maximum absolute atomic E-state index is 12.1. The van der Waals surface area contributed by atoms with Gasteiger partial charge in [0.05, 0.1) is 7.11 Å². The van der Waals surface area contributed by atoms with Gasteiger partial charge >= 0.3 is 6.09 Å². The molecule has 1 atom stereocenters. The van der Waals surface area contributed by atoms with E-state index >= 15 is 0 Å². The van der Waals surface area contributed by atoms with Crippen LogP contribution in [0.4, 0.5) is 10.6 Å². The van der Waals surface area contributed by atoms with Crippen molar-refractivity contribution in [1.82, 2.24) is 15.6 Å². The maximum Gasteiger partial charge on any atom is 0.407 e. The topological polar surface area (TPSA) is 83.6 Å². The second kappa shape index (κ2) is 9.25. The van der Waals surface area contributed by atoms with Gasteiger partial charge in [-0.05, 0) is 25.8 Å². The maximum atomic E-state index is 12.1. The normalized spacial score (nSPS) is 16.0. The molecular weight excluding hydrogens is 320 g/mol. The highest BCUT2D eigenvalue weighted by atomic mass is 16.5. The predicted octanol–water partition coefficient (Wildman–Crippen LogP) is 2.21. The summed E-state index contributed by atoms with van der Waals surface area (Å²) >= 11 is 0. The van der Waals surface area contributed by atoms with Gasteiger partial charge in [0.1, 0.15) is 11.9 Å². The van der Waals surface area contributed by atoms with E-state index in [1.165, 1.54) is 39.2 Å². The van der Waals surface area contributed by atoms with Crippen LogP contribution in [0.15, 0.2) is 18.3 Å². The number of rotatable bonds is 6. The van der Waals surface area contributed by atoms with Crippen LogP contribution in [0, 0.1) is 0 Å². The van der Waals surface area contributed by atoms with Crippen LogP contribution >= 0.6 is 0 Å². The number of pyridine rings is 1. The van der Waals surface area contributed by atoms with E-state index in [0.29, 0.717) is 12.6 Å². The smallest absolute Gasteiger partial charge is 0.407 e. The molecule has 0 bridgehead atoms. The summed E-state index contributed by atoms with van der Waals surface area (Å²) in [6, 6.07) is 3.68. The lowest BCUT2D eigenvalue weighted by Gasteiger charge is -2.33. The zero-order valence-electron chi connectivity index (χ0n) is 15.2. The summed E-state index contributed by atoms with van der Waals surface area (Å²) < 4.78 is 4.50. The Kier molecular flexibility index (Phi) is 7.03. The van der Waals surface area contributed by atoms with Gasteiger partial charge in [-0.3, -0.25) is 4.79 Å². The summed E-state index contributed by atoms with van der Waals surface area (Å²) in [6.07, 6.45) is 7.33. The van der Waals surface area contributed by atoms with Crippen LogP contribution in [-0.2, 0) is 16.1 Å². The first kappa shape index (κ1) is 19.0. The second-order valence-corrected chi connectivity index (χ2v) is 6.46. The third-order valence-corrected chi connectivity index (χ3v) is 4.69. The summed E-state index contributed by atoms with van der Waals surface area (Å²) in [6.45, 7) is 1.98. The van der Waals surface area contributed by atoms with E-state index in [4.69, 9.17) is 0 Å². The number of alkyl carbamates (subject to hydrolysis) is 1. The highest BCUT2D eigenvalue weighted by molar-refractivity contribution is 5.85. The molecule has 1 aliphatic carbocycles. The molecular formula is C18H28N4O3. The molecule has 7 nitrogen and oxygen atoms in total. The van der Waals surface area contributed by atoms with E-state index in [2.05, 4.69) is 32.3 Å². The quantitative estimate of drug-likeness (QED) is 0.823. The Bertz CT molecular complexity index is 587. The van der Waals surface area contributed by atoms with Gasteiger partial charge in [-0.1, -0.05) is 25.3 Å². The number of carbonyl (C=O) groups is 2. The summed E-state index contributed by atoms with van der Waals surface area (Å²) in [4.78, 5) is 30.1. The molecule has 1 aromatic heterocycles. The molecule has 0 aliphatic heterocycles. The molecule has 138 valence electrons. The molecule has 2 N–H and O–H groups in total. The molecule has 1 aliphatic rings. The molecule has 25 heavy (non-hydrogen) atoms. The fraction of sp³-hybridized carbons (Fsp3) is 0.611. The first-order valence-electron chi connectivity index (χ1n) is 8.82. The molecule has 0 saturated heterocycles. The van der Waals surface area contributed by atoms with Crippen LogP contribution in [0.25, 0.3) is 0 Å². The summed E-state index contributed by atoms with van der Waals surface area (Å²) in [5, 5.41) is 5.31. The Morgan fingerprint density at radius 2 is 2.08 bits per heavy atom. The van der Waals surface area contributed by atoms with Gasteiger partial charge in [0.25, 0.3) is 0 Å². The fourth-order valence-corrected chi connectivity index (χ4v) is 3.16. The number of nitrogens with one attached hydrogen (secondary N) is 2. The van der Waals surface area contributed by atoms with Crippen LogP contribution in [0.5, 0.6) is 0 Å². The number of amides is 2. The minimum absolute atomic E-state index is 0.263. The Labute approximate surface area is 149 Å². The summed E-state index contributed by atoms with van der Waals surface area (Å²) in [7, 11) is 3.34. The number of carbonyl (C=O) groups excluding carboxylic acids is 2. The molecule has 0 radical (unpaired) electrons. The van der Waals surface area contributed by atoms with Crippen molar-refractivity contribution in [2.75, 3.05) is 19.1 Å². The lowest BCUT2D eigenvalue weighted by molar-refractivity contribution is -0.122. The number of nitrogens with zero attached hydrogens (tertiary/aromatic N) is 2. The molecule has 1 heterocycles. The average Bonchev–Trinajstić information content (AvgIpc) is 2.66. The SMILES string of the molecule is COC(=O)NC(C)C(=O)NCc1cccnc1N(C)C1CCCCC1. The molecule has 1 aromatic rings. The second-order valence-electron chi connectivity index (χ2n) is 6.46. The molecule has 7 heteroatoms. The molecule has 0 aromatic carbocycles. The molecule has 1 saturated carbocycles. The zero-order valence-corrected chi connectivity index (χ0v) is 15.2. The van der Waals surface area contributed by atoms with Gasteiger partial charge in [0.15, 0.2) is 0 Å². The monoisotopic (exact) mass is 348 g/mol. The third kappa shape index (κ3) is 5.34. The zero-order chi connectivity index (χ0) is 18.2. The Hall–Kier alpha value is -2.31. The van der Waals surface area contributed by atoms with Crippen LogP contribution in [0.2, 0.25) is 0 Å². The first-order valence-corrected chi connectivity index (χ1v) is 8.82. The highest BCUT2D eigenvalue weighted by Gasteiger charge is 2.21. The largest absolute Gasteiger partial charge is 0.453 e. The number of anilines is 1. The first-order chi connectivity index (χ1) is 12.0. The fourth-order valence-electron chi connectivity index (χ4n) is 3.16. The Morgan fingerprint density at radius 1 is 1.36 bits per heavy atom. The Balaban J connectivity index is 1.98. The van der Waals surface area contributed by atoms with Crippen molar-refractivity contribution in [3.63, 3.8) is 0 Å². The van der Waals surface area contributed by atoms with Crippen molar-refractivity contribution >= 4 is 17.8 Å². The third-order valence-electron chi connectivity index (χ3n) is 4.69. The van der Waals surface area contributed by atoms with Crippen molar-refractivity contribution in [2.45, 2.75) is 57.7 Å². The van der Waals surface area contributed by atoms with Crippen molar-refractivity contribution in [1.29, 1.82) is 0 Å². The van der Waals surface area contributed by atoms with E-state index in [9.17, 15) is 9.59 Å². The molecule has 2 amide bonds. The number of hydrogen-bond acceptors (Lipinski definition) is 5. The van der Waals surface area contributed by atoms with Crippen molar-refractivity contribution in [3.05, 3.63) is 23.9 Å².